The van der Waals surface area contributed by atoms with Crippen LogP contribution in [0.15, 0.2) is 12.7 Å². The number of anilines is 2. The predicted molar refractivity (Wildman–Crippen MR) is 74.7 cm³/mol. The summed E-state index contributed by atoms with van der Waals surface area (Å²) in [6, 6.07) is 2.19. The normalized spacial score (nSPS) is 9.89. The van der Waals surface area contributed by atoms with Gasteiger partial charge in [-0.25, -0.2) is 0 Å². The highest BCUT2D eigenvalue weighted by molar-refractivity contribution is 7.18. The molecule has 0 aliphatic heterocycles. The first kappa shape index (κ1) is 14.1. The van der Waals surface area contributed by atoms with Crippen LogP contribution < -0.4 is 16.4 Å². The summed E-state index contributed by atoms with van der Waals surface area (Å²) in [5.41, 5.74) is 6.38. The zero-order valence-electron chi connectivity index (χ0n) is 10.4. The summed E-state index contributed by atoms with van der Waals surface area (Å²) in [5, 5.41) is 15.5. The third kappa shape index (κ3) is 3.02. The lowest BCUT2D eigenvalue weighted by Crippen LogP contribution is -2.23. The van der Waals surface area contributed by atoms with Crippen LogP contribution in [0.25, 0.3) is 0 Å². The highest BCUT2D eigenvalue weighted by atomic mass is 32.1. The largest absolute Gasteiger partial charge is 0.396 e. The Balaban J connectivity index is 3.07. The number of thiophene rings is 1. The number of carbonyl (C=O) groups excluding carboxylic acids is 1. The van der Waals surface area contributed by atoms with E-state index in [1.54, 1.807) is 6.08 Å². The fourth-order valence-electron chi connectivity index (χ4n) is 1.33. The van der Waals surface area contributed by atoms with Crippen molar-refractivity contribution in [1.29, 1.82) is 5.26 Å². The van der Waals surface area contributed by atoms with Crippen molar-refractivity contribution >= 4 is 27.9 Å². The number of hydrogen-bond acceptors (Lipinski definition) is 5. The number of amides is 1. The van der Waals surface area contributed by atoms with Crippen molar-refractivity contribution < 1.29 is 4.79 Å². The van der Waals surface area contributed by atoms with Crippen LogP contribution in [0.1, 0.15) is 29.1 Å². The van der Waals surface area contributed by atoms with Crippen molar-refractivity contribution in [3.63, 3.8) is 0 Å². The van der Waals surface area contributed by atoms with E-state index in [-0.39, 0.29) is 17.6 Å². The van der Waals surface area contributed by atoms with Gasteiger partial charge in [0.05, 0.1) is 5.69 Å². The average molecular weight is 264 g/mol. The highest BCUT2D eigenvalue weighted by Gasteiger charge is 2.20. The first-order valence-corrected chi connectivity index (χ1v) is 6.30. The van der Waals surface area contributed by atoms with Gasteiger partial charge in [0.1, 0.15) is 21.5 Å². The summed E-state index contributed by atoms with van der Waals surface area (Å²) in [7, 11) is 0. The average Bonchev–Trinajstić information content (AvgIpc) is 2.61. The summed E-state index contributed by atoms with van der Waals surface area (Å²) in [6.45, 7) is 7.79. The molecule has 0 atom stereocenters. The van der Waals surface area contributed by atoms with E-state index in [0.29, 0.717) is 22.0 Å². The quantitative estimate of drug-likeness (QED) is 0.709. The van der Waals surface area contributed by atoms with E-state index in [4.69, 9.17) is 11.0 Å². The van der Waals surface area contributed by atoms with Gasteiger partial charge >= 0.3 is 0 Å². The Kier molecular flexibility index (Phi) is 4.75. The maximum atomic E-state index is 11.8. The Morgan fingerprint density at radius 3 is 2.83 bits per heavy atom. The molecule has 1 amide bonds. The molecule has 1 heterocycles. The Labute approximate surface area is 110 Å². The van der Waals surface area contributed by atoms with Crippen LogP contribution in [-0.2, 0) is 0 Å². The molecule has 6 heteroatoms. The molecule has 0 unspecified atom stereocenters. The van der Waals surface area contributed by atoms with Gasteiger partial charge in [-0.05, 0) is 13.8 Å². The van der Waals surface area contributed by atoms with Gasteiger partial charge in [0.2, 0.25) is 0 Å². The first-order valence-electron chi connectivity index (χ1n) is 5.49. The second-order valence-electron chi connectivity index (χ2n) is 3.96. The third-order valence-electron chi connectivity index (χ3n) is 2.09. The highest BCUT2D eigenvalue weighted by Crippen LogP contribution is 2.35. The minimum Gasteiger partial charge on any atom is -0.396 e. The van der Waals surface area contributed by atoms with Gasteiger partial charge in [-0.2, -0.15) is 5.26 Å². The van der Waals surface area contributed by atoms with Crippen molar-refractivity contribution in [3.05, 3.63) is 23.1 Å². The standard InChI is InChI=1S/C12H16N4OS/c1-4-5-15-11(17)10-9(14)8(6-13)12(18-10)16-7(2)3/h4,7,16H,1,5,14H2,2-3H3,(H,15,17). The van der Waals surface area contributed by atoms with E-state index in [9.17, 15) is 4.79 Å². The zero-order valence-corrected chi connectivity index (χ0v) is 11.2. The van der Waals surface area contributed by atoms with E-state index >= 15 is 0 Å². The van der Waals surface area contributed by atoms with Crippen LogP contribution in [-0.4, -0.2) is 18.5 Å². The van der Waals surface area contributed by atoms with Crippen LogP contribution in [0.3, 0.4) is 0 Å². The zero-order chi connectivity index (χ0) is 13.7. The van der Waals surface area contributed by atoms with Gasteiger partial charge in [0, 0.05) is 12.6 Å². The van der Waals surface area contributed by atoms with Gasteiger partial charge < -0.3 is 16.4 Å². The number of rotatable bonds is 5. The fourth-order valence-corrected chi connectivity index (χ4v) is 2.47. The Hall–Kier alpha value is -2.00. The molecule has 0 aliphatic carbocycles. The van der Waals surface area contributed by atoms with Crippen LogP contribution in [0.2, 0.25) is 0 Å². The first-order chi connectivity index (χ1) is 8.51. The smallest absolute Gasteiger partial charge is 0.263 e. The molecule has 1 rings (SSSR count). The number of nitrogens with zero attached hydrogens (tertiary/aromatic N) is 1. The molecule has 0 aromatic carbocycles. The topological polar surface area (TPSA) is 90.9 Å². The van der Waals surface area contributed by atoms with E-state index in [2.05, 4.69) is 17.2 Å². The molecule has 96 valence electrons. The molecule has 0 aliphatic rings. The van der Waals surface area contributed by atoms with Crippen molar-refractivity contribution in [1.82, 2.24) is 5.32 Å². The van der Waals surface area contributed by atoms with Crippen molar-refractivity contribution in [2.24, 2.45) is 0 Å². The van der Waals surface area contributed by atoms with Gasteiger partial charge in [0.15, 0.2) is 0 Å². The van der Waals surface area contributed by atoms with E-state index in [1.807, 2.05) is 19.9 Å². The summed E-state index contributed by atoms with van der Waals surface area (Å²) in [5.74, 6) is -0.286. The van der Waals surface area contributed by atoms with Gasteiger partial charge in [-0.15, -0.1) is 17.9 Å². The second kappa shape index (κ2) is 6.07. The molecule has 4 N–H and O–H groups in total. The molecule has 5 nitrogen and oxygen atoms in total. The molecular weight excluding hydrogens is 248 g/mol. The number of nitriles is 1. The molecule has 1 aromatic heterocycles. The fraction of sp³-hybridized carbons (Fsp3) is 0.333. The van der Waals surface area contributed by atoms with Crippen molar-refractivity contribution in [3.8, 4) is 6.07 Å². The number of nitrogens with one attached hydrogen (secondary N) is 2. The molecule has 0 spiro atoms. The number of carbonyl (C=O) groups is 1. The Morgan fingerprint density at radius 1 is 1.67 bits per heavy atom. The lowest BCUT2D eigenvalue weighted by Gasteiger charge is -2.06. The lowest BCUT2D eigenvalue weighted by atomic mass is 10.2. The van der Waals surface area contributed by atoms with E-state index in [1.165, 1.54) is 11.3 Å². The molecule has 18 heavy (non-hydrogen) atoms. The van der Waals surface area contributed by atoms with Crippen LogP contribution in [0.5, 0.6) is 0 Å². The molecule has 0 radical (unpaired) electrons. The van der Waals surface area contributed by atoms with Gasteiger partial charge in [-0.3, -0.25) is 4.79 Å². The van der Waals surface area contributed by atoms with Crippen molar-refractivity contribution in [2.75, 3.05) is 17.6 Å². The summed E-state index contributed by atoms with van der Waals surface area (Å²) in [4.78, 5) is 12.2. The van der Waals surface area contributed by atoms with Crippen LogP contribution >= 0.6 is 11.3 Å². The summed E-state index contributed by atoms with van der Waals surface area (Å²) >= 11 is 1.19. The lowest BCUT2D eigenvalue weighted by molar-refractivity contribution is 0.0963. The van der Waals surface area contributed by atoms with E-state index in [0.717, 1.165) is 0 Å². The molecular formula is C12H16N4OS. The maximum absolute atomic E-state index is 11.8. The molecule has 0 bridgehead atoms. The van der Waals surface area contributed by atoms with E-state index < -0.39 is 0 Å². The number of nitrogen functional groups attached to an aromatic ring is 1. The Morgan fingerprint density at radius 2 is 2.33 bits per heavy atom. The predicted octanol–water partition coefficient (Wildman–Crippen LogP) is 1.94. The molecule has 1 aromatic rings. The van der Waals surface area contributed by atoms with Crippen molar-refractivity contribution in [2.45, 2.75) is 19.9 Å². The number of hydrogen-bond donors (Lipinski definition) is 3. The summed E-state index contributed by atoms with van der Waals surface area (Å²) in [6.07, 6.45) is 1.58. The Bertz CT molecular complexity index is 499. The minimum absolute atomic E-state index is 0.166. The van der Waals surface area contributed by atoms with Crippen LogP contribution in [0, 0.1) is 11.3 Å². The minimum atomic E-state index is -0.286. The van der Waals surface area contributed by atoms with Crippen LogP contribution in [0.4, 0.5) is 10.7 Å². The SMILES string of the molecule is C=CCNC(=O)c1sc(NC(C)C)c(C#N)c1N. The van der Waals surface area contributed by atoms with Gasteiger partial charge in [-0.1, -0.05) is 6.08 Å². The maximum Gasteiger partial charge on any atom is 0.263 e. The number of nitrogens with two attached hydrogens (primary N) is 1. The summed E-state index contributed by atoms with van der Waals surface area (Å²) < 4.78 is 0. The third-order valence-corrected chi connectivity index (χ3v) is 3.23. The van der Waals surface area contributed by atoms with Gasteiger partial charge in [0.25, 0.3) is 5.91 Å². The monoisotopic (exact) mass is 264 g/mol. The molecule has 0 fully saturated rings. The molecule has 0 saturated carbocycles. The second-order valence-corrected chi connectivity index (χ2v) is 4.98. The molecule has 0 saturated heterocycles.